The van der Waals surface area contributed by atoms with Gasteiger partial charge in [0.05, 0.1) is 33.7 Å². The Morgan fingerprint density at radius 2 is 2.19 bits per heavy atom. The molecule has 4 heterocycles. The summed E-state index contributed by atoms with van der Waals surface area (Å²) in [6.07, 6.45) is 3.22. The molecule has 0 saturated heterocycles. The molecule has 0 unspecified atom stereocenters. The first-order valence-electron chi connectivity index (χ1n) is 8.09. The summed E-state index contributed by atoms with van der Waals surface area (Å²) in [5, 5.41) is 14.8. The van der Waals surface area contributed by atoms with E-state index in [4.69, 9.17) is 5.26 Å². The minimum Gasteiger partial charge on any atom is -0.359 e. The molecule has 0 aliphatic carbocycles. The van der Waals surface area contributed by atoms with Crippen molar-refractivity contribution < 1.29 is 4.79 Å². The maximum Gasteiger partial charge on any atom is 0.286 e. The smallest absolute Gasteiger partial charge is 0.286 e. The number of amides is 1. The van der Waals surface area contributed by atoms with Crippen molar-refractivity contribution in [2.75, 3.05) is 0 Å². The maximum absolute atomic E-state index is 12.2. The number of thiophene rings is 1. The highest BCUT2D eigenvalue weighted by Gasteiger charge is 2.22. The van der Waals surface area contributed by atoms with Gasteiger partial charge in [0.15, 0.2) is 5.17 Å². The monoisotopic (exact) mass is 391 g/mol. The van der Waals surface area contributed by atoms with Crippen LogP contribution in [0.4, 0.5) is 0 Å². The summed E-state index contributed by atoms with van der Waals surface area (Å²) in [6.45, 7) is 2.71. The van der Waals surface area contributed by atoms with Crippen LogP contribution in [0.15, 0.2) is 45.7 Å². The fourth-order valence-electron chi connectivity index (χ4n) is 2.52. The number of nitrogens with zero attached hydrogens (tertiary/aromatic N) is 4. The van der Waals surface area contributed by atoms with E-state index in [0.29, 0.717) is 38.9 Å². The summed E-state index contributed by atoms with van der Waals surface area (Å²) >= 11 is 2.98. The Morgan fingerprint density at radius 3 is 2.96 bits per heavy atom. The molecule has 0 radical (unpaired) electrons. The van der Waals surface area contributed by atoms with Gasteiger partial charge >= 0.3 is 0 Å². The van der Waals surface area contributed by atoms with Crippen LogP contribution in [0.3, 0.4) is 0 Å². The number of carbonyl (C=O) groups excluding carboxylic acids is 1. The van der Waals surface area contributed by atoms with Crippen molar-refractivity contribution in [1.29, 1.82) is 5.26 Å². The highest BCUT2D eigenvalue weighted by Crippen LogP contribution is 2.28. The van der Waals surface area contributed by atoms with E-state index >= 15 is 0 Å². The van der Waals surface area contributed by atoms with E-state index < -0.39 is 0 Å². The lowest BCUT2D eigenvalue weighted by molar-refractivity contribution is -0.113. The standard InChI is InChI=1S/C19H13N5OS2/c1-11-4-5-26-17(11)10-22-19-24-18(25)16(27-19)7-13-2-3-14-15(23-13)6-12(8-20)9-21-14/h2-7,9H,10H2,1H3,(H,22,24,25)/b16-7-. The number of pyridine rings is 2. The molecule has 3 aromatic rings. The number of aliphatic imine (C=N–C) groups is 1. The van der Waals surface area contributed by atoms with Crippen LogP contribution >= 0.6 is 23.1 Å². The molecule has 3 aromatic heterocycles. The molecule has 27 heavy (non-hydrogen) atoms. The summed E-state index contributed by atoms with van der Waals surface area (Å²) in [5.74, 6) is -0.281. The number of rotatable bonds is 3. The third kappa shape index (κ3) is 3.74. The second kappa shape index (κ2) is 7.31. The summed E-state index contributed by atoms with van der Waals surface area (Å²) in [7, 11) is 0. The zero-order chi connectivity index (χ0) is 18.8. The minimum absolute atomic E-state index is 0.281. The van der Waals surface area contributed by atoms with E-state index in [1.165, 1.54) is 28.4 Å². The van der Waals surface area contributed by atoms with Gasteiger partial charge in [-0.3, -0.25) is 9.78 Å². The van der Waals surface area contributed by atoms with Gasteiger partial charge in [-0.05, 0) is 60.0 Å². The highest BCUT2D eigenvalue weighted by molar-refractivity contribution is 8.18. The third-order valence-corrected chi connectivity index (χ3v) is 5.92. The first-order chi connectivity index (χ1) is 13.1. The Hall–Kier alpha value is -3.02. The van der Waals surface area contributed by atoms with Crippen LogP contribution in [0.1, 0.15) is 21.7 Å². The predicted octanol–water partition coefficient (Wildman–Crippen LogP) is 3.63. The molecule has 6 nitrogen and oxygen atoms in total. The number of thioether (sulfide) groups is 1. The van der Waals surface area contributed by atoms with E-state index in [9.17, 15) is 4.79 Å². The summed E-state index contributed by atoms with van der Waals surface area (Å²) in [4.78, 5) is 26.7. The van der Waals surface area contributed by atoms with Gasteiger partial charge < -0.3 is 5.32 Å². The van der Waals surface area contributed by atoms with Crippen LogP contribution in [0.2, 0.25) is 0 Å². The zero-order valence-electron chi connectivity index (χ0n) is 14.3. The van der Waals surface area contributed by atoms with Crippen LogP contribution in [0, 0.1) is 18.3 Å². The van der Waals surface area contributed by atoms with Gasteiger partial charge in [-0.15, -0.1) is 11.3 Å². The van der Waals surface area contributed by atoms with E-state index in [2.05, 4.69) is 39.3 Å². The summed E-state index contributed by atoms with van der Waals surface area (Å²) in [5.41, 5.74) is 3.62. The number of hydrogen-bond acceptors (Lipinski definition) is 7. The molecule has 1 N–H and O–H groups in total. The molecule has 0 spiro atoms. The lowest BCUT2D eigenvalue weighted by Gasteiger charge is -2.03. The highest BCUT2D eigenvalue weighted by atomic mass is 32.2. The van der Waals surface area contributed by atoms with E-state index in [-0.39, 0.29) is 5.91 Å². The molecule has 8 heteroatoms. The van der Waals surface area contributed by atoms with Gasteiger partial charge in [-0.1, -0.05) is 0 Å². The zero-order valence-corrected chi connectivity index (χ0v) is 15.9. The quantitative estimate of drug-likeness (QED) is 0.686. The van der Waals surface area contributed by atoms with Crippen molar-refractivity contribution in [3.8, 4) is 6.07 Å². The van der Waals surface area contributed by atoms with Crippen molar-refractivity contribution >= 4 is 51.3 Å². The molecule has 0 fully saturated rings. The molecule has 1 amide bonds. The normalized spacial score (nSPS) is 15.2. The predicted molar refractivity (Wildman–Crippen MR) is 108 cm³/mol. The summed E-state index contributed by atoms with van der Waals surface area (Å²) in [6, 6.07) is 9.42. The summed E-state index contributed by atoms with van der Waals surface area (Å²) < 4.78 is 0. The van der Waals surface area contributed by atoms with E-state index in [1.807, 2.05) is 11.4 Å². The number of hydrogen-bond donors (Lipinski definition) is 1. The number of carbonyl (C=O) groups is 1. The molecule has 0 saturated carbocycles. The van der Waals surface area contributed by atoms with E-state index in [1.54, 1.807) is 29.5 Å². The minimum atomic E-state index is -0.281. The average Bonchev–Trinajstić information content (AvgIpc) is 3.24. The van der Waals surface area contributed by atoms with Crippen LogP contribution in [0.25, 0.3) is 17.1 Å². The fraction of sp³-hybridized carbons (Fsp3) is 0.105. The van der Waals surface area contributed by atoms with Gasteiger partial charge in [0.1, 0.15) is 6.07 Å². The number of aromatic nitrogens is 2. The molecule has 1 aliphatic rings. The Balaban J connectivity index is 1.51. The second-order valence-electron chi connectivity index (χ2n) is 5.82. The van der Waals surface area contributed by atoms with Gasteiger partial charge in [0.25, 0.3) is 5.91 Å². The van der Waals surface area contributed by atoms with Crippen molar-refractivity contribution in [3.05, 3.63) is 62.4 Å². The molecule has 4 rings (SSSR count). The third-order valence-electron chi connectivity index (χ3n) is 3.96. The number of nitriles is 1. The van der Waals surface area contributed by atoms with Gasteiger partial charge in [0, 0.05) is 11.1 Å². The SMILES string of the molecule is Cc1ccsc1CNC1=NC(=O)/C(=C/c2ccc3ncc(C#N)cc3n2)S1. The van der Waals surface area contributed by atoms with Gasteiger partial charge in [-0.2, -0.15) is 10.3 Å². The molecule has 0 aromatic carbocycles. The molecular formula is C19H13N5OS2. The first-order valence-corrected chi connectivity index (χ1v) is 9.78. The lowest BCUT2D eigenvalue weighted by Crippen LogP contribution is -2.17. The molecule has 132 valence electrons. The fourth-order valence-corrected chi connectivity index (χ4v) is 4.16. The van der Waals surface area contributed by atoms with E-state index in [0.717, 1.165) is 0 Å². The molecule has 0 atom stereocenters. The largest absolute Gasteiger partial charge is 0.359 e. The Morgan fingerprint density at radius 1 is 1.30 bits per heavy atom. The first kappa shape index (κ1) is 17.4. The molecular weight excluding hydrogens is 378 g/mol. The molecule has 1 aliphatic heterocycles. The number of fused-ring (bicyclic) bond motifs is 1. The number of nitrogens with one attached hydrogen (secondary N) is 1. The van der Waals surface area contributed by atoms with Crippen LogP contribution < -0.4 is 5.32 Å². The van der Waals surface area contributed by atoms with Crippen LogP contribution in [0.5, 0.6) is 0 Å². The average molecular weight is 391 g/mol. The van der Waals surface area contributed by atoms with Crippen LogP contribution in [-0.4, -0.2) is 21.0 Å². The maximum atomic E-state index is 12.2. The Bertz CT molecular complexity index is 1160. The lowest BCUT2D eigenvalue weighted by atomic mass is 10.2. The van der Waals surface area contributed by atoms with Gasteiger partial charge in [0.2, 0.25) is 0 Å². The topological polar surface area (TPSA) is 91.0 Å². The van der Waals surface area contributed by atoms with Gasteiger partial charge in [-0.25, -0.2) is 4.98 Å². The van der Waals surface area contributed by atoms with Crippen LogP contribution in [-0.2, 0) is 11.3 Å². The number of aryl methyl sites for hydroxylation is 1. The Kier molecular flexibility index (Phi) is 4.71. The van der Waals surface area contributed by atoms with Crippen molar-refractivity contribution in [2.24, 2.45) is 4.99 Å². The van der Waals surface area contributed by atoms with Crippen molar-refractivity contribution in [3.63, 3.8) is 0 Å². The Labute approximate surface area is 163 Å². The molecule has 0 bridgehead atoms. The number of amidine groups is 1. The second-order valence-corrected chi connectivity index (χ2v) is 7.85. The van der Waals surface area contributed by atoms with Crippen molar-refractivity contribution in [2.45, 2.75) is 13.5 Å². The van der Waals surface area contributed by atoms with Crippen molar-refractivity contribution in [1.82, 2.24) is 15.3 Å².